The van der Waals surface area contributed by atoms with Gasteiger partial charge in [-0.1, -0.05) is 11.8 Å². The van der Waals surface area contributed by atoms with E-state index in [0.717, 1.165) is 25.3 Å². The first kappa shape index (κ1) is 13.4. The lowest BCUT2D eigenvalue weighted by Gasteiger charge is -2.21. The summed E-state index contributed by atoms with van der Waals surface area (Å²) in [4.78, 5) is 14.9. The molecule has 1 saturated heterocycles. The molecule has 1 N–H and O–H groups in total. The monoisotopic (exact) mass is 271 g/mol. The summed E-state index contributed by atoms with van der Waals surface area (Å²) in [5, 5.41) is 13.6. The van der Waals surface area contributed by atoms with E-state index in [1.165, 1.54) is 18.2 Å². The van der Waals surface area contributed by atoms with Crippen LogP contribution in [0.25, 0.3) is 0 Å². The van der Waals surface area contributed by atoms with E-state index in [2.05, 4.69) is 10.1 Å². The second-order valence-electron chi connectivity index (χ2n) is 4.31. The number of carboxylic acids is 1. The number of aromatic nitrogens is 3. The maximum atomic E-state index is 10.5. The van der Waals surface area contributed by atoms with E-state index in [1.807, 2.05) is 0 Å². The van der Waals surface area contributed by atoms with Crippen molar-refractivity contribution >= 4 is 17.7 Å². The summed E-state index contributed by atoms with van der Waals surface area (Å²) in [6.45, 7) is 0.818. The molecule has 1 aromatic heterocycles. The van der Waals surface area contributed by atoms with Crippen molar-refractivity contribution in [2.45, 2.75) is 36.9 Å². The zero-order chi connectivity index (χ0) is 13.0. The summed E-state index contributed by atoms with van der Waals surface area (Å²) < 4.78 is 7.27. The fourth-order valence-corrected chi connectivity index (χ4v) is 2.58. The van der Waals surface area contributed by atoms with Crippen molar-refractivity contribution in [2.24, 2.45) is 7.05 Å². The van der Waals surface area contributed by atoms with Gasteiger partial charge in [-0.25, -0.2) is 9.67 Å². The van der Waals surface area contributed by atoms with E-state index in [1.54, 1.807) is 11.7 Å². The van der Waals surface area contributed by atoms with Gasteiger partial charge in [0.15, 0.2) is 11.0 Å². The van der Waals surface area contributed by atoms with Crippen molar-refractivity contribution in [1.29, 1.82) is 0 Å². The largest absolute Gasteiger partial charge is 0.481 e. The van der Waals surface area contributed by atoms with Gasteiger partial charge in [0.05, 0.1) is 11.9 Å². The van der Waals surface area contributed by atoms with Crippen LogP contribution in [0.5, 0.6) is 0 Å². The maximum absolute atomic E-state index is 10.5. The Morgan fingerprint density at radius 3 is 3.11 bits per heavy atom. The molecule has 1 fully saturated rings. The van der Waals surface area contributed by atoms with E-state index in [9.17, 15) is 4.79 Å². The zero-order valence-corrected chi connectivity index (χ0v) is 11.2. The normalized spacial score (nSPS) is 19.9. The Balaban J connectivity index is 1.92. The number of hydrogen-bond acceptors (Lipinski definition) is 5. The second-order valence-corrected chi connectivity index (χ2v) is 5.25. The van der Waals surface area contributed by atoms with Crippen LogP contribution >= 0.6 is 11.8 Å². The number of hydrogen-bond donors (Lipinski definition) is 1. The summed E-state index contributed by atoms with van der Waals surface area (Å²) in [7, 11) is 1.78. The standard InChI is InChI=1S/C11H17N3O3S/c1-14-11(18-7-10(15)16)12-9(13-14)6-8-4-2-3-5-17-8/h8H,2-7H2,1H3,(H,15,16). The quantitative estimate of drug-likeness (QED) is 0.808. The van der Waals surface area contributed by atoms with Crippen molar-refractivity contribution in [1.82, 2.24) is 14.8 Å². The van der Waals surface area contributed by atoms with Crippen molar-refractivity contribution in [3.8, 4) is 0 Å². The van der Waals surface area contributed by atoms with E-state index in [-0.39, 0.29) is 11.9 Å². The molecule has 0 bridgehead atoms. The highest BCUT2D eigenvalue weighted by atomic mass is 32.2. The number of rotatable bonds is 5. The third-order valence-corrected chi connectivity index (χ3v) is 3.78. The second kappa shape index (κ2) is 6.19. The predicted octanol–water partition coefficient (Wildman–Crippen LogP) is 1.10. The summed E-state index contributed by atoms with van der Waals surface area (Å²) in [5.41, 5.74) is 0. The van der Waals surface area contributed by atoms with Crippen molar-refractivity contribution < 1.29 is 14.6 Å². The smallest absolute Gasteiger partial charge is 0.313 e. The highest BCUT2D eigenvalue weighted by molar-refractivity contribution is 7.99. The van der Waals surface area contributed by atoms with E-state index >= 15 is 0 Å². The molecule has 0 saturated carbocycles. The van der Waals surface area contributed by atoms with Crippen LogP contribution in [0.15, 0.2) is 5.16 Å². The third kappa shape index (κ3) is 3.71. The molecule has 1 aliphatic rings. The first-order valence-electron chi connectivity index (χ1n) is 6.01. The Bertz CT molecular complexity index is 416. The molecular weight excluding hydrogens is 254 g/mol. The summed E-state index contributed by atoms with van der Waals surface area (Å²) in [6, 6.07) is 0. The number of nitrogens with zero attached hydrogens (tertiary/aromatic N) is 3. The number of thioether (sulfide) groups is 1. The molecule has 1 atom stereocenters. The van der Waals surface area contributed by atoms with Gasteiger partial charge in [0.2, 0.25) is 0 Å². The molecule has 0 spiro atoms. The van der Waals surface area contributed by atoms with Gasteiger partial charge in [-0.2, -0.15) is 5.10 Å². The number of carboxylic acid groups (broad SMARTS) is 1. The average Bonchev–Trinajstić information content (AvgIpc) is 2.68. The van der Waals surface area contributed by atoms with E-state index in [4.69, 9.17) is 9.84 Å². The van der Waals surface area contributed by atoms with Gasteiger partial charge >= 0.3 is 5.97 Å². The molecule has 1 aliphatic heterocycles. The van der Waals surface area contributed by atoms with Crippen molar-refractivity contribution in [3.63, 3.8) is 0 Å². The minimum absolute atomic E-state index is 0.00586. The SMILES string of the molecule is Cn1nc(CC2CCCCO2)nc1SCC(=O)O. The van der Waals surface area contributed by atoms with Gasteiger partial charge in [0.1, 0.15) is 0 Å². The molecular formula is C11H17N3O3S. The van der Waals surface area contributed by atoms with Crippen LogP contribution in [0.4, 0.5) is 0 Å². The highest BCUT2D eigenvalue weighted by Gasteiger charge is 2.18. The van der Waals surface area contributed by atoms with Crippen molar-refractivity contribution in [2.75, 3.05) is 12.4 Å². The Hall–Kier alpha value is -1.08. The highest BCUT2D eigenvalue weighted by Crippen LogP contribution is 2.18. The first-order chi connectivity index (χ1) is 8.65. The van der Waals surface area contributed by atoms with Gasteiger partial charge in [-0.3, -0.25) is 4.79 Å². The van der Waals surface area contributed by atoms with Crippen LogP contribution < -0.4 is 0 Å². The Morgan fingerprint density at radius 2 is 2.44 bits per heavy atom. The predicted molar refractivity (Wildman–Crippen MR) is 66.7 cm³/mol. The lowest BCUT2D eigenvalue weighted by molar-refractivity contribution is -0.133. The van der Waals surface area contributed by atoms with Gasteiger partial charge in [-0.15, -0.1) is 0 Å². The van der Waals surface area contributed by atoms with Crippen molar-refractivity contribution in [3.05, 3.63) is 5.82 Å². The van der Waals surface area contributed by atoms with Crippen LogP contribution in [0.2, 0.25) is 0 Å². The molecule has 100 valence electrons. The molecule has 0 amide bonds. The molecule has 2 rings (SSSR count). The lowest BCUT2D eigenvalue weighted by Crippen LogP contribution is -2.21. The topological polar surface area (TPSA) is 77.2 Å². The molecule has 2 heterocycles. The van der Waals surface area contributed by atoms with Gasteiger partial charge < -0.3 is 9.84 Å². The minimum atomic E-state index is -0.847. The van der Waals surface area contributed by atoms with Crippen LogP contribution in [0.3, 0.4) is 0 Å². The molecule has 1 aromatic rings. The van der Waals surface area contributed by atoms with Crippen LogP contribution in [0, 0.1) is 0 Å². The molecule has 0 aromatic carbocycles. The van der Waals surface area contributed by atoms with Gasteiger partial charge in [-0.05, 0) is 19.3 Å². The summed E-state index contributed by atoms with van der Waals surface area (Å²) in [5.74, 6) is -0.108. The van der Waals surface area contributed by atoms with E-state index in [0.29, 0.717) is 11.6 Å². The fourth-order valence-electron chi connectivity index (χ4n) is 1.93. The zero-order valence-electron chi connectivity index (χ0n) is 10.3. The lowest BCUT2D eigenvalue weighted by atomic mass is 10.1. The number of carbonyl (C=O) groups is 1. The van der Waals surface area contributed by atoms with Crippen LogP contribution in [-0.4, -0.2) is 44.3 Å². The Labute approximate surface area is 110 Å². The fraction of sp³-hybridized carbons (Fsp3) is 0.727. The third-order valence-electron chi connectivity index (χ3n) is 2.78. The Kier molecular flexibility index (Phi) is 4.60. The Morgan fingerprint density at radius 1 is 1.61 bits per heavy atom. The number of ether oxygens (including phenoxy) is 1. The number of aliphatic carboxylic acids is 1. The minimum Gasteiger partial charge on any atom is -0.481 e. The molecule has 7 heteroatoms. The number of aryl methyl sites for hydroxylation is 1. The molecule has 0 radical (unpaired) electrons. The molecule has 6 nitrogen and oxygen atoms in total. The van der Waals surface area contributed by atoms with E-state index < -0.39 is 5.97 Å². The van der Waals surface area contributed by atoms with Crippen LogP contribution in [0.1, 0.15) is 25.1 Å². The summed E-state index contributed by atoms with van der Waals surface area (Å²) >= 11 is 1.19. The molecule has 1 unspecified atom stereocenters. The molecule has 0 aliphatic carbocycles. The maximum Gasteiger partial charge on any atom is 0.313 e. The van der Waals surface area contributed by atoms with Gasteiger partial charge in [0.25, 0.3) is 0 Å². The van der Waals surface area contributed by atoms with Crippen LogP contribution in [-0.2, 0) is 23.0 Å². The summed E-state index contributed by atoms with van der Waals surface area (Å²) in [6.07, 6.45) is 4.29. The first-order valence-corrected chi connectivity index (χ1v) is 7.00. The average molecular weight is 271 g/mol. The van der Waals surface area contributed by atoms with Gasteiger partial charge in [0, 0.05) is 20.1 Å². The molecule has 18 heavy (non-hydrogen) atoms.